The minimum absolute atomic E-state index is 0.0876. The number of nitrogens with zero attached hydrogens (tertiary/aromatic N) is 2. The summed E-state index contributed by atoms with van der Waals surface area (Å²) in [7, 11) is 1.53. The van der Waals surface area contributed by atoms with Gasteiger partial charge in [0.15, 0.2) is 0 Å². The smallest absolute Gasteiger partial charge is 0.253 e. The number of nitrogens with one attached hydrogen (secondary N) is 1. The Morgan fingerprint density at radius 1 is 1.04 bits per heavy atom. The van der Waals surface area contributed by atoms with Crippen LogP contribution in [0, 0.1) is 0 Å². The van der Waals surface area contributed by atoms with Gasteiger partial charge in [-0.15, -0.1) is 0 Å². The van der Waals surface area contributed by atoms with Crippen LogP contribution in [0.2, 0.25) is 0 Å². The van der Waals surface area contributed by atoms with Crippen LogP contribution in [-0.4, -0.2) is 41.9 Å². The van der Waals surface area contributed by atoms with Gasteiger partial charge in [0.25, 0.3) is 11.8 Å². The van der Waals surface area contributed by atoms with Crippen molar-refractivity contribution < 1.29 is 14.3 Å². The van der Waals surface area contributed by atoms with E-state index in [9.17, 15) is 9.59 Å². The summed E-state index contributed by atoms with van der Waals surface area (Å²) in [5, 5.41) is 2.85. The van der Waals surface area contributed by atoms with E-state index in [1.54, 1.807) is 12.1 Å². The molecule has 1 N–H and O–H groups in total. The first-order chi connectivity index (χ1) is 12.7. The van der Waals surface area contributed by atoms with Gasteiger partial charge in [-0.05, 0) is 43.0 Å². The molecule has 0 aliphatic carbocycles. The van der Waals surface area contributed by atoms with Crippen LogP contribution in [-0.2, 0) is 6.54 Å². The quantitative estimate of drug-likeness (QED) is 0.897. The Labute approximate surface area is 153 Å². The number of pyridine rings is 1. The van der Waals surface area contributed by atoms with E-state index < -0.39 is 0 Å². The fourth-order valence-corrected chi connectivity index (χ4v) is 2.96. The lowest BCUT2D eigenvalue weighted by atomic mass is 10.1. The van der Waals surface area contributed by atoms with E-state index in [1.165, 1.54) is 19.7 Å². The van der Waals surface area contributed by atoms with Gasteiger partial charge in [0.2, 0.25) is 5.88 Å². The van der Waals surface area contributed by atoms with E-state index in [2.05, 4.69) is 10.3 Å². The fraction of sp³-hybridized carbons (Fsp3) is 0.350. The summed E-state index contributed by atoms with van der Waals surface area (Å²) in [5.74, 6) is 0.355. The summed E-state index contributed by atoms with van der Waals surface area (Å²) in [4.78, 5) is 30.5. The molecule has 136 valence electrons. The SMILES string of the molecule is COc1ccc(C(=O)NCc2ccc(C(=O)N3CCCCC3)cc2)cn1. The Morgan fingerprint density at radius 3 is 2.35 bits per heavy atom. The third-order valence-corrected chi connectivity index (χ3v) is 4.50. The zero-order valence-electron chi connectivity index (χ0n) is 14.9. The van der Waals surface area contributed by atoms with E-state index in [0.29, 0.717) is 23.6 Å². The van der Waals surface area contributed by atoms with Crippen LogP contribution in [0.3, 0.4) is 0 Å². The highest BCUT2D eigenvalue weighted by Gasteiger charge is 2.17. The van der Waals surface area contributed by atoms with Crippen LogP contribution < -0.4 is 10.1 Å². The molecule has 0 atom stereocenters. The minimum Gasteiger partial charge on any atom is -0.481 e. The highest BCUT2D eigenvalue weighted by molar-refractivity contribution is 5.94. The number of rotatable bonds is 5. The predicted octanol–water partition coefficient (Wildman–Crippen LogP) is 2.65. The number of ether oxygens (including phenoxy) is 1. The highest BCUT2D eigenvalue weighted by atomic mass is 16.5. The second-order valence-corrected chi connectivity index (χ2v) is 6.32. The van der Waals surface area contributed by atoms with Crippen LogP contribution in [0.15, 0.2) is 42.6 Å². The van der Waals surface area contributed by atoms with E-state index in [-0.39, 0.29) is 11.8 Å². The molecule has 1 aliphatic rings. The highest BCUT2D eigenvalue weighted by Crippen LogP contribution is 2.14. The van der Waals surface area contributed by atoms with Gasteiger partial charge < -0.3 is 15.0 Å². The summed E-state index contributed by atoms with van der Waals surface area (Å²) >= 11 is 0. The second kappa shape index (κ2) is 8.47. The van der Waals surface area contributed by atoms with Gasteiger partial charge in [-0.1, -0.05) is 12.1 Å². The monoisotopic (exact) mass is 353 g/mol. The number of benzene rings is 1. The molecule has 0 spiro atoms. The minimum atomic E-state index is -0.200. The molecule has 3 rings (SSSR count). The van der Waals surface area contributed by atoms with Gasteiger partial charge >= 0.3 is 0 Å². The molecule has 1 aliphatic heterocycles. The Morgan fingerprint density at radius 2 is 1.73 bits per heavy atom. The average Bonchev–Trinajstić information content (AvgIpc) is 2.72. The molecule has 0 bridgehead atoms. The Bertz CT molecular complexity index is 751. The molecule has 1 aromatic carbocycles. The maximum absolute atomic E-state index is 12.5. The molecule has 0 saturated carbocycles. The Balaban J connectivity index is 1.55. The van der Waals surface area contributed by atoms with Crippen LogP contribution >= 0.6 is 0 Å². The number of aromatic nitrogens is 1. The first kappa shape index (κ1) is 17.9. The molecule has 0 unspecified atom stereocenters. The molecular weight excluding hydrogens is 330 g/mol. The molecule has 0 radical (unpaired) electrons. The summed E-state index contributed by atoms with van der Waals surface area (Å²) in [6.07, 6.45) is 4.84. The largest absolute Gasteiger partial charge is 0.481 e. The molecule has 26 heavy (non-hydrogen) atoms. The van der Waals surface area contributed by atoms with E-state index in [4.69, 9.17) is 4.74 Å². The van der Waals surface area contributed by atoms with E-state index in [1.807, 2.05) is 29.2 Å². The molecule has 2 heterocycles. The van der Waals surface area contributed by atoms with Gasteiger partial charge in [0, 0.05) is 37.5 Å². The molecule has 1 saturated heterocycles. The van der Waals surface area contributed by atoms with Gasteiger partial charge in [-0.25, -0.2) is 4.98 Å². The van der Waals surface area contributed by atoms with Crippen molar-refractivity contribution in [3.05, 3.63) is 59.3 Å². The number of carbonyl (C=O) groups excluding carboxylic acids is 2. The number of amides is 2. The van der Waals surface area contributed by atoms with Crippen molar-refractivity contribution in [2.75, 3.05) is 20.2 Å². The summed E-state index contributed by atoms with van der Waals surface area (Å²) < 4.78 is 4.98. The molecule has 6 heteroatoms. The van der Waals surface area contributed by atoms with Crippen molar-refractivity contribution in [2.24, 2.45) is 0 Å². The molecule has 6 nitrogen and oxygen atoms in total. The van der Waals surface area contributed by atoms with Crippen molar-refractivity contribution >= 4 is 11.8 Å². The second-order valence-electron chi connectivity index (χ2n) is 6.32. The molecular formula is C20H23N3O3. The topological polar surface area (TPSA) is 71.5 Å². The van der Waals surface area contributed by atoms with Gasteiger partial charge in [-0.3, -0.25) is 9.59 Å². The predicted molar refractivity (Wildman–Crippen MR) is 98.2 cm³/mol. The van der Waals surface area contributed by atoms with Crippen LogP contribution in [0.5, 0.6) is 5.88 Å². The molecule has 1 fully saturated rings. The van der Waals surface area contributed by atoms with Crippen molar-refractivity contribution in [2.45, 2.75) is 25.8 Å². The first-order valence-corrected chi connectivity index (χ1v) is 8.84. The molecule has 1 aromatic heterocycles. The number of hydrogen-bond acceptors (Lipinski definition) is 4. The lowest BCUT2D eigenvalue weighted by Crippen LogP contribution is -2.35. The summed E-state index contributed by atoms with van der Waals surface area (Å²) in [6.45, 7) is 2.07. The van der Waals surface area contributed by atoms with Gasteiger partial charge in [-0.2, -0.15) is 0 Å². The average molecular weight is 353 g/mol. The number of likely N-dealkylation sites (tertiary alicyclic amines) is 1. The first-order valence-electron chi connectivity index (χ1n) is 8.84. The summed E-state index contributed by atoms with van der Waals surface area (Å²) in [5.41, 5.74) is 2.11. The lowest BCUT2D eigenvalue weighted by molar-refractivity contribution is 0.0724. The molecule has 2 aromatic rings. The maximum atomic E-state index is 12.5. The maximum Gasteiger partial charge on any atom is 0.253 e. The van der Waals surface area contributed by atoms with Crippen molar-refractivity contribution in [1.29, 1.82) is 0 Å². The van der Waals surface area contributed by atoms with Crippen LogP contribution in [0.1, 0.15) is 45.5 Å². The van der Waals surface area contributed by atoms with Gasteiger partial charge in [0.05, 0.1) is 12.7 Å². The zero-order chi connectivity index (χ0) is 18.4. The number of carbonyl (C=O) groups is 2. The zero-order valence-corrected chi connectivity index (χ0v) is 14.9. The third kappa shape index (κ3) is 4.39. The Kier molecular flexibility index (Phi) is 5.84. The van der Waals surface area contributed by atoms with Gasteiger partial charge in [0.1, 0.15) is 0 Å². The standard InChI is InChI=1S/C20H23N3O3/c1-26-18-10-9-17(14-21-18)19(24)22-13-15-5-7-16(8-6-15)20(25)23-11-3-2-4-12-23/h5-10,14H,2-4,11-13H2,1H3,(H,22,24). The van der Waals surface area contributed by atoms with Crippen molar-refractivity contribution in [3.63, 3.8) is 0 Å². The number of methoxy groups -OCH3 is 1. The van der Waals surface area contributed by atoms with Crippen LogP contribution in [0.4, 0.5) is 0 Å². The number of piperidine rings is 1. The Hall–Kier alpha value is -2.89. The lowest BCUT2D eigenvalue weighted by Gasteiger charge is -2.26. The van der Waals surface area contributed by atoms with E-state index >= 15 is 0 Å². The normalized spacial score (nSPS) is 14.0. The molecule has 2 amide bonds. The van der Waals surface area contributed by atoms with E-state index in [0.717, 1.165) is 31.5 Å². The van der Waals surface area contributed by atoms with Crippen molar-refractivity contribution in [1.82, 2.24) is 15.2 Å². The van der Waals surface area contributed by atoms with Crippen molar-refractivity contribution in [3.8, 4) is 5.88 Å². The fourth-order valence-electron chi connectivity index (χ4n) is 2.96. The van der Waals surface area contributed by atoms with Crippen LogP contribution in [0.25, 0.3) is 0 Å². The number of hydrogen-bond donors (Lipinski definition) is 1. The third-order valence-electron chi connectivity index (χ3n) is 4.50. The summed E-state index contributed by atoms with van der Waals surface area (Å²) in [6, 6.07) is 10.7.